The largest absolute Gasteiger partial charge is 0.300 e. The Kier molecular flexibility index (Phi) is 3.10. The Morgan fingerprint density at radius 3 is 2.38 bits per heavy atom. The molecule has 1 aromatic rings. The van der Waals surface area contributed by atoms with Crippen LogP contribution in [-0.4, -0.2) is 25.3 Å². The van der Waals surface area contributed by atoms with E-state index in [4.69, 9.17) is 0 Å². The molecular weight excluding hydrogens is 198 g/mol. The van der Waals surface area contributed by atoms with Gasteiger partial charge in [0.2, 0.25) is 0 Å². The van der Waals surface area contributed by atoms with Crippen molar-refractivity contribution in [1.82, 2.24) is 4.90 Å². The fraction of sp³-hybridized carbons (Fsp3) is 0.500. The molecule has 0 heterocycles. The molecule has 0 saturated heterocycles. The van der Waals surface area contributed by atoms with E-state index in [0.717, 1.165) is 24.7 Å². The molecule has 0 aliphatic heterocycles. The van der Waals surface area contributed by atoms with E-state index in [1.165, 1.54) is 18.4 Å². The fourth-order valence-electron chi connectivity index (χ4n) is 2.94. The summed E-state index contributed by atoms with van der Waals surface area (Å²) < 4.78 is 0. The predicted octanol–water partition coefficient (Wildman–Crippen LogP) is 2.83. The molecule has 2 heteroatoms. The first kappa shape index (κ1) is 11.3. The highest BCUT2D eigenvalue weighted by Crippen LogP contribution is 2.43. The maximum Gasteiger partial charge on any atom is 0.150 e. The van der Waals surface area contributed by atoms with E-state index in [2.05, 4.69) is 25.1 Å². The van der Waals surface area contributed by atoms with Crippen LogP contribution in [0.15, 0.2) is 24.3 Å². The molecule has 0 atom stereocenters. The molecule has 0 N–H and O–H groups in total. The number of benzene rings is 1. The Hall–Kier alpha value is -1.15. The first-order valence-corrected chi connectivity index (χ1v) is 5.93. The number of rotatable bonds is 3. The van der Waals surface area contributed by atoms with Gasteiger partial charge in [0.25, 0.3) is 0 Å². The van der Waals surface area contributed by atoms with Crippen molar-refractivity contribution >= 4 is 6.29 Å². The number of hydrogen-bond donors (Lipinski definition) is 0. The van der Waals surface area contributed by atoms with Crippen molar-refractivity contribution in [1.29, 1.82) is 0 Å². The van der Waals surface area contributed by atoms with Gasteiger partial charge in [-0.3, -0.25) is 9.69 Å². The lowest BCUT2D eigenvalue weighted by Gasteiger charge is -2.37. The van der Waals surface area contributed by atoms with Crippen LogP contribution in [0.25, 0.3) is 0 Å². The Bertz CT molecular complexity index is 378. The van der Waals surface area contributed by atoms with Crippen LogP contribution in [0, 0.1) is 0 Å². The van der Waals surface area contributed by atoms with Gasteiger partial charge in [0.15, 0.2) is 0 Å². The molecule has 0 aromatic heterocycles. The highest BCUT2D eigenvalue weighted by atomic mass is 16.1. The lowest BCUT2D eigenvalue weighted by atomic mass is 9.84. The van der Waals surface area contributed by atoms with Crippen molar-refractivity contribution < 1.29 is 4.79 Å². The Morgan fingerprint density at radius 2 is 1.81 bits per heavy atom. The van der Waals surface area contributed by atoms with Gasteiger partial charge in [-0.1, -0.05) is 37.1 Å². The first-order chi connectivity index (χ1) is 7.70. The Balaban J connectivity index is 2.51. The molecule has 2 nitrogen and oxygen atoms in total. The van der Waals surface area contributed by atoms with Crippen LogP contribution < -0.4 is 0 Å². The molecule has 1 saturated carbocycles. The van der Waals surface area contributed by atoms with Crippen molar-refractivity contribution in [2.24, 2.45) is 0 Å². The summed E-state index contributed by atoms with van der Waals surface area (Å²) in [5, 5.41) is 0. The van der Waals surface area contributed by atoms with Crippen LogP contribution in [0.3, 0.4) is 0 Å². The molecule has 0 unspecified atom stereocenters. The van der Waals surface area contributed by atoms with E-state index in [-0.39, 0.29) is 5.54 Å². The van der Waals surface area contributed by atoms with E-state index >= 15 is 0 Å². The molecule has 0 amide bonds. The lowest BCUT2D eigenvalue weighted by molar-refractivity contribution is 0.111. The van der Waals surface area contributed by atoms with Crippen LogP contribution in [0.1, 0.15) is 41.6 Å². The van der Waals surface area contributed by atoms with Crippen LogP contribution >= 0.6 is 0 Å². The van der Waals surface area contributed by atoms with Crippen LogP contribution in [0.4, 0.5) is 0 Å². The zero-order valence-electron chi connectivity index (χ0n) is 10.1. The molecule has 0 bridgehead atoms. The van der Waals surface area contributed by atoms with Crippen molar-refractivity contribution in [3.63, 3.8) is 0 Å². The molecule has 0 spiro atoms. The van der Waals surface area contributed by atoms with Crippen molar-refractivity contribution in [2.45, 2.75) is 31.2 Å². The number of aldehydes is 1. The number of carbonyl (C=O) groups excluding carboxylic acids is 1. The van der Waals surface area contributed by atoms with Gasteiger partial charge in [0, 0.05) is 11.1 Å². The molecule has 0 radical (unpaired) electrons. The monoisotopic (exact) mass is 217 g/mol. The summed E-state index contributed by atoms with van der Waals surface area (Å²) in [6, 6.07) is 8.00. The number of hydrogen-bond acceptors (Lipinski definition) is 2. The number of nitrogens with zero attached hydrogens (tertiary/aromatic N) is 1. The fourth-order valence-corrected chi connectivity index (χ4v) is 2.94. The molecule has 1 aliphatic rings. The summed E-state index contributed by atoms with van der Waals surface area (Å²) in [5.74, 6) is 0. The van der Waals surface area contributed by atoms with Crippen molar-refractivity contribution in [2.75, 3.05) is 14.1 Å². The predicted molar refractivity (Wildman–Crippen MR) is 65.7 cm³/mol. The Labute approximate surface area is 97.3 Å². The van der Waals surface area contributed by atoms with Gasteiger partial charge in [-0.15, -0.1) is 0 Å². The summed E-state index contributed by atoms with van der Waals surface area (Å²) in [6.45, 7) is 0. The van der Waals surface area contributed by atoms with Gasteiger partial charge in [-0.05, 0) is 32.5 Å². The minimum atomic E-state index is 0.0809. The Morgan fingerprint density at radius 1 is 1.19 bits per heavy atom. The van der Waals surface area contributed by atoms with Gasteiger partial charge in [0.1, 0.15) is 6.29 Å². The standard InChI is InChI=1S/C14H19NO/c1-15(2)14(9-5-6-10-14)13-8-4-3-7-12(13)11-16/h3-4,7-8,11H,5-6,9-10H2,1-2H3. The van der Waals surface area contributed by atoms with E-state index in [1.54, 1.807) is 0 Å². The quantitative estimate of drug-likeness (QED) is 0.726. The third kappa shape index (κ3) is 1.67. The van der Waals surface area contributed by atoms with Gasteiger partial charge < -0.3 is 0 Å². The summed E-state index contributed by atoms with van der Waals surface area (Å²) in [6.07, 6.45) is 5.81. The van der Waals surface area contributed by atoms with Crippen LogP contribution in [-0.2, 0) is 5.54 Å². The lowest BCUT2D eigenvalue weighted by Crippen LogP contribution is -2.39. The van der Waals surface area contributed by atoms with Crippen LogP contribution in [0.2, 0.25) is 0 Å². The zero-order valence-corrected chi connectivity index (χ0v) is 10.1. The summed E-state index contributed by atoms with van der Waals surface area (Å²) >= 11 is 0. The smallest absolute Gasteiger partial charge is 0.150 e. The minimum Gasteiger partial charge on any atom is -0.300 e. The second kappa shape index (κ2) is 4.38. The number of carbonyl (C=O) groups is 1. The maximum absolute atomic E-state index is 11.1. The van der Waals surface area contributed by atoms with E-state index < -0.39 is 0 Å². The average molecular weight is 217 g/mol. The second-order valence-corrected chi connectivity index (χ2v) is 4.84. The van der Waals surface area contributed by atoms with E-state index in [0.29, 0.717) is 0 Å². The van der Waals surface area contributed by atoms with Gasteiger partial charge in [0.05, 0.1) is 0 Å². The zero-order chi connectivity index (χ0) is 11.6. The van der Waals surface area contributed by atoms with E-state index in [1.807, 2.05) is 18.2 Å². The average Bonchev–Trinajstić information content (AvgIpc) is 2.79. The van der Waals surface area contributed by atoms with Crippen molar-refractivity contribution in [3.8, 4) is 0 Å². The molecule has 1 fully saturated rings. The molecule has 1 aliphatic carbocycles. The van der Waals surface area contributed by atoms with Gasteiger partial charge >= 0.3 is 0 Å². The molecule has 1 aromatic carbocycles. The third-order valence-corrected chi connectivity index (χ3v) is 3.88. The summed E-state index contributed by atoms with van der Waals surface area (Å²) in [7, 11) is 4.24. The molecule has 86 valence electrons. The van der Waals surface area contributed by atoms with Gasteiger partial charge in [-0.25, -0.2) is 0 Å². The van der Waals surface area contributed by atoms with Crippen LogP contribution in [0.5, 0.6) is 0 Å². The SMILES string of the molecule is CN(C)C1(c2ccccc2C=O)CCCC1. The topological polar surface area (TPSA) is 20.3 Å². The van der Waals surface area contributed by atoms with E-state index in [9.17, 15) is 4.79 Å². The molecule has 16 heavy (non-hydrogen) atoms. The minimum absolute atomic E-state index is 0.0809. The molecule has 2 rings (SSSR count). The first-order valence-electron chi connectivity index (χ1n) is 5.93. The van der Waals surface area contributed by atoms with Crippen molar-refractivity contribution in [3.05, 3.63) is 35.4 Å². The maximum atomic E-state index is 11.1. The third-order valence-electron chi connectivity index (χ3n) is 3.88. The summed E-state index contributed by atoms with van der Waals surface area (Å²) in [4.78, 5) is 13.4. The molecular formula is C14H19NO. The highest BCUT2D eigenvalue weighted by molar-refractivity contribution is 5.78. The highest BCUT2D eigenvalue weighted by Gasteiger charge is 2.38. The van der Waals surface area contributed by atoms with Gasteiger partial charge in [-0.2, -0.15) is 0 Å². The normalized spacial score (nSPS) is 18.9. The second-order valence-electron chi connectivity index (χ2n) is 4.84. The summed E-state index contributed by atoms with van der Waals surface area (Å²) in [5.41, 5.74) is 2.13.